The van der Waals surface area contributed by atoms with Gasteiger partial charge in [-0.3, -0.25) is 14.9 Å². The molecule has 2 heterocycles. The van der Waals surface area contributed by atoms with Crippen LogP contribution in [0.25, 0.3) is 0 Å². The lowest BCUT2D eigenvalue weighted by atomic mass is 10.2. The normalized spacial score (nSPS) is 11.9. The minimum absolute atomic E-state index is 0.141. The third-order valence-electron chi connectivity index (χ3n) is 3.65. The summed E-state index contributed by atoms with van der Waals surface area (Å²) in [6.07, 6.45) is 0. The summed E-state index contributed by atoms with van der Waals surface area (Å²) >= 11 is 2.46. The van der Waals surface area contributed by atoms with E-state index in [1.807, 2.05) is 30.3 Å². The number of carbonyl (C=O) groups is 2. The molecule has 0 spiro atoms. The molecule has 28 heavy (non-hydrogen) atoms. The lowest BCUT2D eigenvalue weighted by molar-refractivity contribution is -0.113. The van der Waals surface area contributed by atoms with Crippen LogP contribution in [0.2, 0.25) is 0 Å². The van der Waals surface area contributed by atoms with Gasteiger partial charge in [0, 0.05) is 11.3 Å². The summed E-state index contributed by atoms with van der Waals surface area (Å²) in [6.45, 7) is 0.148. The number of nitrogens with zero attached hydrogens (tertiary/aromatic N) is 2. The topological polar surface area (TPSA) is 102 Å². The minimum atomic E-state index is -0.326. The highest BCUT2D eigenvalue weighted by Crippen LogP contribution is 2.33. The van der Waals surface area contributed by atoms with Gasteiger partial charge >= 0.3 is 0 Å². The first-order valence-corrected chi connectivity index (χ1v) is 10.00. The number of benzene rings is 2. The molecule has 1 aliphatic rings. The third kappa shape index (κ3) is 4.41. The Morgan fingerprint density at radius 3 is 2.71 bits per heavy atom. The lowest BCUT2D eigenvalue weighted by Gasteiger charge is -2.03. The number of nitrogens with one attached hydrogen (secondary N) is 2. The summed E-state index contributed by atoms with van der Waals surface area (Å²) in [5, 5.41) is 13.8. The van der Waals surface area contributed by atoms with Gasteiger partial charge < -0.3 is 14.8 Å². The fourth-order valence-corrected chi connectivity index (χ4v) is 3.92. The van der Waals surface area contributed by atoms with Crippen molar-refractivity contribution in [1.29, 1.82) is 0 Å². The van der Waals surface area contributed by atoms with Gasteiger partial charge in [0.2, 0.25) is 17.8 Å². The van der Waals surface area contributed by atoms with Crippen molar-refractivity contribution in [2.45, 2.75) is 4.34 Å². The number of amides is 2. The number of aromatic nitrogens is 2. The van der Waals surface area contributed by atoms with Gasteiger partial charge in [0.25, 0.3) is 5.91 Å². The van der Waals surface area contributed by atoms with E-state index in [-0.39, 0.29) is 24.4 Å². The largest absolute Gasteiger partial charge is 0.454 e. The molecule has 10 heteroatoms. The number of hydrogen-bond acceptors (Lipinski definition) is 8. The SMILES string of the molecule is O=C(CSc1nnc(NC(=O)c2ccc3c(c2)OCO3)s1)Nc1ccccc1. The fourth-order valence-electron chi connectivity index (χ4n) is 2.37. The second-order valence-electron chi connectivity index (χ2n) is 5.60. The van der Waals surface area contributed by atoms with E-state index >= 15 is 0 Å². The molecule has 142 valence electrons. The molecule has 0 aliphatic carbocycles. The van der Waals surface area contributed by atoms with Gasteiger partial charge in [0.1, 0.15) is 0 Å². The van der Waals surface area contributed by atoms with E-state index in [0.29, 0.717) is 26.5 Å². The van der Waals surface area contributed by atoms with E-state index in [0.717, 1.165) is 5.69 Å². The van der Waals surface area contributed by atoms with Crippen molar-refractivity contribution in [3.05, 3.63) is 54.1 Å². The van der Waals surface area contributed by atoms with E-state index in [2.05, 4.69) is 20.8 Å². The first kappa shape index (κ1) is 18.3. The lowest BCUT2D eigenvalue weighted by Crippen LogP contribution is -2.13. The summed E-state index contributed by atoms with van der Waals surface area (Å²) < 4.78 is 11.1. The molecule has 0 saturated carbocycles. The third-order valence-corrected chi connectivity index (χ3v) is 5.62. The van der Waals surface area contributed by atoms with E-state index in [1.54, 1.807) is 18.2 Å². The number of hydrogen-bond donors (Lipinski definition) is 2. The molecule has 4 rings (SSSR count). The van der Waals surface area contributed by atoms with Crippen molar-refractivity contribution in [3.63, 3.8) is 0 Å². The fraction of sp³-hybridized carbons (Fsp3) is 0.111. The first-order valence-electron chi connectivity index (χ1n) is 8.19. The van der Waals surface area contributed by atoms with E-state index < -0.39 is 0 Å². The number of rotatable bonds is 6. The van der Waals surface area contributed by atoms with Crippen LogP contribution in [0.5, 0.6) is 11.5 Å². The van der Waals surface area contributed by atoms with Crippen molar-refractivity contribution in [1.82, 2.24) is 10.2 Å². The summed E-state index contributed by atoms with van der Waals surface area (Å²) in [5.41, 5.74) is 1.16. The molecule has 0 fully saturated rings. The number of carbonyl (C=O) groups excluding carboxylic acids is 2. The molecular formula is C18H14N4O4S2. The Kier molecular flexibility index (Phi) is 5.40. The Bertz CT molecular complexity index is 1010. The highest BCUT2D eigenvalue weighted by Gasteiger charge is 2.17. The predicted octanol–water partition coefficient (Wildman–Crippen LogP) is 3.25. The van der Waals surface area contributed by atoms with Crippen LogP contribution in [-0.4, -0.2) is 34.6 Å². The first-order chi connectivity index (χ1) is 13.7. The zero-order valence-electron chi connectivity index (χ0n) is 14.4. The molecule has 0 radical (unpaired) electrons. The molecule has 0 bridgehead atoms. The average molecular weight is 414 g/mol. The smallest absolute Gasteiger partial charge is 0.257 e. The van der Waals surface area contributed by atoms with Crippen LogP contribution in [0, 0.1) is 0 Å². The number of fused-ring (bicyclic) bond motifs is 1. The van der Waals surface area contributed by atoms with Crippen molar-refractivity contribution < 1.29 is 19.1 Å². The van der Waals surface area contributed by atoms with Gasteiger partial charge in [-0.1, -0.05) is 41.3 Å². The van der Waals surface area contributed by atoms with Crippen molar-refractivity contribution >= 4 is 45.7 Å². The van der Waals surface area contributed by atoms with Crippen LogP contribution in [-0.2, 0) is 4.79 Å². The Hall–Kier alpha value is -3.11. The minimum Gasteiger partial charge on any atom is -0.454 e. The highest BCUT2D eigenvalue weighted by atomic mass is 32.2. The van der Waals surface area contributed by atoms with Crippen molar-refractivity contribution in [2.24, 2.45) is 0 Å². The molecule has 2 amide bonds. The van der Waals surface area contributed by atoms with E-state index in [9.17, 15) is 9.59 Å². The monoisotopic (exact) mass is 414 g/mol. The maximum Gasteiger partial charge on any atom is 0.257 e. The van der Waals surface area contributed by atoms with Gasteiger partial charge in [-0.2, -0.15) is 0 Å². The number of ether oxygens (including phenoxy) is 2. The molecule has 1 aliphatic heterocycles. The summed E-state index contributed by atoms with van der Waals surface area (Å²) in [4.78, 5) is 24.3. The zero-order chi connectivity index (χ0) is 19.3. The molecular weight excluding hydrogens is 400 g/mol. The van der Waals surface area contributed by atoms with Gasteiger partial charge in [-0.05, 0) is 30.3 Å². The van der Waals surface area contributed by atoms with Gasteiger partial charge in [-0.25, -0.2) is 0 Å². The Morgan fingerprint density at radius 2 is 1.86 bits per heavy atom. The second-order valence-corrected chi connectivity index (χ2v) is 7.80. The van der Waals surface area contributed by atoms with Crippen molar-refractivity contribution in [3.8, 4) is 11.5 Å². The van der Waals surface area contributed by atoms with Gasteiger partial charge in [-0.15, -0.1) is 10.2 Å². The van der Waals surface area contributed by atoms with Crippen LogP contribution in [0.15, 0.2) is 52.9 Å². The van der Waals surface area contributed by atoms with Gasteiger partial charge in [0.15, 0.2) is 15.8 Å². The zero-order valence-corrected chi connectivity index (χ0v) is 16.0. The van der Waals surface area contributed by atoms with Crippen LogP contribution in [0.3, 0.4) is 0 Å². The Labute approximate surface area is 168 Å². The molecule has 3 aromatic rings. The predicted molar refractivity (Wildman–Crippen MR) is 106 cm³/mol. The molecule has 1 aromatic heterocycles. The Morgan fingerprint density at radius 1 is 1.04 bits per heavy atom. The van der Waals surface area contributed by atoms with Crippen LogP contribution in [0.4, 0.5) is 10.8 Å². The van der Waals surface area contributed by atoms with E-state index in [1.165, 1.54) is 23.1 Å². The maximum atomic E-state index is 12.4. The summed E-state index contributed by atoms with van der Waals surface area (Å²) in [6, 6.07) is 14.2. The van der Waals surface area contributed by atoms with Gasteiger partial charge in [0.05, 0.1) is 5.75 Å². The molecule has 0 saturated heterocycles. The number of para-hydroxylation sites is 1. The van der Waals surface area contributed by atoms with Crippen molar-refractivity contribution in [2.75, 3.05) is 23.2 Å². The molecule has 8 nitrogen and oxygen atoms in total. The second kappa shape index (κ2) is 8.28. The maximum absolute atomic E-state index is 12.4. The van der Waals surface area contributed by atoms with Crippen LogP contribution < -0.4 is 20.1 Å². The standard InChI is InChI=1S/C18H14N4O4S2/c23-15(19-12-4-2-1-3-5-12)9-27-18-22-21-17(28-18)20-16(24)11-6-7-13-14(8-11)26-10-25-13/h1-8H,9-10H2,(H,19,23)(H,20,21,24). The molecule has 2 N–H and O–H groups in total. The Balaban J connectivity index is 1.30. The summed E-state index contributed by atoms with van der Waals surface area (Å²) in [7, 11) is 0. The average Bonchev–Trinajstić information content (AvgIpc) is 3.35. The molecule has 0 unspecified atom stereocenters. The number of thioether (sulfide) groups is 1. The van der Waals surface area contributed by atoms with E-state index in [4.69, 9.17) is 9.47 Å². The molecule has 0 atom stereocenters. The number of anilines is 2. The quantitative estimate of drug-likeness (QED) is 0.471. The van der Waals surface area contributed by atoms with Crippen LogP contribution >= 0.6 is 23.1 Å². The summed E-state index contributed by atoms with van der Waals surface area (Å²) in [5.74, 6) is 0.871. The molecule has 2 aromatic carbocycles. The highest BCUT2D eigenvalue weighted by molar-refractivity contribution is 8.01. The van der Waals surface area contributed by atoms with Crippen LogP contribution in [0.1, 0.15) is 10.4 Å².